The van der Waals surface area contributed by atoms with Gasteiger partial charge >= 0.3 is 6.03 Å². The molecule has 2 saturated carbocycles. The van der Waals surface area contributed by atoms with Crippen LogP contribution in [0.1, 0.15) is 61.5 Å². The Morgan fingerprint density at radius 1 is 0.912 bits per heavy atom. The van der Waals surface area contributed by atoms with E-state index in [9.17, 15) is 9.59 Å². The standard InChI is InChI=1S/C28H34N4O2/c33-27(14-24-13-19-3-4-21(24)12-19)31-11-9-23(16-31)20-5-7-26(8-6-20)30-28(34)32-17-25(18-32)22-2-1-10-29-15-22/h1-2,5-8,10,15,19,21,23-25H,3-4,9,11-14,16-18H2,(H,30,34)/t19-,21?,23?,24?/m1/s1. The number of carbonyl (C=O) groups is 2. The number of pyridine rings is 1. The van der Waals surface area contributed by atoms with Gasteiger partial charge in [-0.1, -0.05) is 24.6 Å². The van der Waals surface area contributed by atoms with Gasteiger partial charge in [0.15, 0.2) is 0 Å². The number of urea groups is 1. The summed E-state index contributed by atoms with van der Waals surface area (Å²) in [6, 6.07) is 12.2. The maximum atomic E-state index is 12.9. The van der Waals surface area contributed by atoms with E-state index in [2.05, 4.69) is 33.4 Å². The molecular weight excluding hydrogens is 424 g/mol. The minimum atomic E-state index is -0.0499. The molecule has 6 nitrogen and oxygen atoms in total. The Morgan fingerprint density at radius 2 is 1.74 bits per heavy atom. The number of rotatable bonds is 5. The molecule has 6 rings (SSSR count). The van der Waals surface area contributed by atoms with Crippen molar-refractivity contribution < 1.29 is 9.59 Å². The summed E-state index contributed by atoms with van der Waals surface area (Å²) in [6.07, 6.45) is 10.8. The number of benzene rings is 1. The van der Waals surface area contributed by atoms with Crippen LogP contribution in [-0.4, -0.2) is 52.9 Å². The highest BCUT2D eigenvalue weighted by molar-refractivity contribution is 5.90. The van der Waals surface area contributed by atoms with Crippen molar-refractivity contribution >= 4 is 17.6 Å². The van der Waals surface area contributed by atoms with E-state index in [0.717, 1.165) is 56.5 Å². The van der Waals surface area contributed by atoms with Gasteiger partial charge in [0.1, 0.15) is 0 Å². The molecule has 4 atom stereocenters. The summed E-state index contributed by atoms with van der Waals surface area (Å²) in [5.74, 6) is 3.48. The molecule has 2 aliphatic carbocycles. The Labute approximate surface area is 201 Å². The fourth-order valence-electron chi connectivity index (χ4n) is 6.75. The second-order valence-corrected chi connectivity index (χ2v) is 10.9. The van der Waals surface area contributed by atoms with Crippen LogP contribution in [0, 0.1) is 17.8 Å². The Bertz CT molecular complexity index is 1030. The van der Waals surface area contributed by atoms with Gasteiger partial charge in [-0.2, -0.15) is 0 Å². The number of hydrogen-bond donors (Lipinski definition) is 1. The molecule has 3 unspecified atom stereocenters. The number of fused-ring (bicyclic) bond motifs is 2. The lowest BCUT2D eigenvalue weighted by molar-refractivity contribution is -0.131. The van der Waals surface area contributed by atoms with E-state index < -0.39 is 0 Å². The quantitative estimate of drug-likeness (QED) is 0.696. The van der Waals surface area contributed by atoms with Gasteiger partial charge in [-0.25, -0.2) is 4.79 Å². The van der Waals surface area contributed by atoms with Crippen molar-refractivity contribution in [2.45, 2.75) is 50.4 Å². The summed E-state index contributed by atoms with van der Waals surface area (Å²) >= 11 is 0. The normalized spacial score (nSPS) is 28.2. The van der Waals surface area contributed by atoms with Crippen LogP contribution in [-0.2, 0) is 4.79 Å². The molecular formula is C28H34N4O2. The summed E-state index contributed by atoms with van der Waals surface area (Å²) in [4.78, 5) is 33.6. The van der Waals surface area contributed by atoms with Gasteiger partial charge in [0, 0.05) is 62.5 Å². The monoisotopic (exact) mass is 458 g/mol. The first-order valence-corrected chi connectivity index (χ1v) is 13.0. The van der Waals surface area contributed by atoms with Crippen molar-refractivity contribution in [1.29, 1.82) is 0 Å². The Balaban J connectivity index is 0.975. The molecule has 6 heteroatoms. The average Bonchev–Trinajstić information content (AvgIpc) is 3.57. The van der Waals surface area contributed by atoms with E-state index in [-0.39, 0.29) is 6.03 Å². The van der Waals surface area contributed by atoms with Crippen molar-refractivity contribution in [3.63, 3.8) is 0 Å². The maximum Gasteiger partial charge on any atom is 0.321 e. The van der Waals surface area contributed by atoms with Crippen LogP contribution in [0.3, 0.4) is 0 Å². The first-order chi connectivity index (χ1) is 16.6. The van der Waals surface area contributed by atoms with Crippen molar-refractivity contribution in [2.75, 3.05) is 31.5 Å². The zero-order valence-corrected chi connectivity index (χ0v) is 19.7. The minimum absolute atomic E-state index is 0.0499. The van der Waals surface area contributed by atoms with Gasteiger partial charge < -0.3 is 15.1 Å². The molecule has 1 aromatic heterocycles. The van der Waals surface area contributed by atoms with Gasteiger partial charge in [-0.3, -0.25) is 9.78 Å². The van der Waals surface area contributed by atoms with Crippen LogP contribution in [0.4, 0.5) is 10.5 Å². The molecule has 1 N–H and O–H groups in total. The Hall–Kier alpha value is -2.89. The molecule has 2 saturated heterocycles. The molecule has 2 bridgehead atoms. The van der Waals surface area contributed by atoms with Crippen LogP contribution in [0.5, 0.6) is 0 Å². The van der Waals surface area contributed by atoms with Crippen LogP contribution in [0.25, 0.3) is 0 Å². The van der Waals surface area contributed by atoms with E-state index in [4.69, 9.17) is 0 Å². The maximum absolute atomic E-state index is 12.9. The topological polar surface area (TPSA) is 65.5 Å². The van der Waals surface area contributed by atoms with Crippen molar-refractivity contribution in [1.82, 2.24) is 14.8 Å². The minimum Gasteiger partial charge on any atom is -0.342 e. The lowest BCUT2D eigenvalue weighted by Gasteiger charge is -2.39. The molecule has 4 fully saturated rings. The third kappa shape index (κ3) is 4.30. The number of amides is 3. The second kappa shape index (κ2) is 9.05. The number of anilines is 1. The molecule has 2 aromatic rings. The summed E-state index contributed by atoms with van der Waals surface area (Å²) in [6.45, 7) is 3.15. The molecule has 1 aromatic carbocycles. The summed E-state index contributed by atoms with van der Waals surface area (Å²) in [5.41, 5.74) is 3.27. The molecule has 3 heterocycles. The van der Waals surface area contributed by atoms with E-state index in [1.807, 2.05) is 29.3 Å². The van der Waals surface area contributed by atoms with E-state index in [0.29, 0.717) is 23.7 Å². The molecule has 178 valence electrons. The van der Waals surface area contributed by atoms with E-state index >= 15 is 0 Å². The number of carbonyl (C=O) groups excluding carboxylic acids is 2. The Morgan fingerprint density at radius 3 is 2.44 bits per heavy atom. The van der Waals surface area contributed by atoms with Gasteiger partial charge in [-0.05, 0) is 72.8 Å². The zero-order chi connectivity index (χ0) is 23.1. The third-order valence-electron chi connectivity index (χ3n) is 8.82. The second-order valence-electron chi connectivity index (χ2n) is 10.9. The number of likely N-dealkylation sites (tertiary alicyclic amines) is 2. The molecule has 0 radical (unpaired) electrons. The van der Waals surface area contributed by atoms with Gasteiger partial charge in [0.25, 0.3) is 0 Å². The smallest absolute Gasteiger partial charge is 0.321 e. The predicted octanol–water partition coefficient (Wildman–Crippen LogP) is 4.86. The van der Waals surface area contributed by atoms with Crippen LogP contribution in [0.2, 0.25) is 0 Å². The molecule has 2 aliphatic heterocycles. The average molecular weight is 459 g/mol. The van der Waals surface area contributed by atoms with E-state index in [1.54, 1.807) is 6.20 Å². The van der Waals surface area contributed by atoms with Crippen LogP contribution in [0.15, 0.2) is 48.8 Å². The number of aromatic nitrogens is 1. The zero-order valence-electron chi connectivity index (χ0n) is 19.7. The van der Waals surface area contributed by atoms with Gasteiger partial charge in [-0.15, -0.1) is 0 Å². The van der Waals surface area contributed by atoms with Crippen LogP contribution < -0.4 is 5.32 Å². The highest BCUT2D eigenvalue weighted by Gasteiger charge is 2.41. The van der Waals surface area contributed by atoms with Crippen molar-refractivity contribution in [2.24, 2.45) is 17.8 Å². The van der Waals surface area contributed by atoms with E-state index in [1.165, 1.54) is 36.8 Å². The fraction of sp³-hybridized carbons (Fsp3) is 0.536. The number of nitrogens with zero attached hydrogens (tertiary/aromatic N) is 3. The summed E-state index contributed by atoms with van der Waals surface area (Å²) in [7, 11) is 0. The van der Waals surface area contributed by atoms with Gasteiger partial charge in [0.2, 0.25) is 5.91 Å². The largest absolute Gasteiger partial charge is 0.342 e. The number of nitrogens with one attached hydrogen (secondary N) is 1. The fourth-order valence-corrected chi connectivity index (χ4v) is 6.75. The first kappa shape index (κ1) is 21.6. The SMILES string of the molecule is O=C(CC1C[C@@H]2CCC1C2)N1CCC(c2ccc(NC(=O)N3CC(c4cccnc4)C3)cc2)C1. The van der Waals surface area contributed by atoms with Crippen molar-refractivity contribution in [3.05, 3.63) is 59.9 Å². The molecule has 3 amide bonds. The molecule has 4 aliphatic rings. The Kier molecular flexibility index (Phi) is 5.75. The van der Waals surface area contributed by atoms with Crippen molar-refractivity contribution in [3.8, 4) is 0 Å². The predicted molar refractivity (Wildman–Crippen MR) is 132 cm³/mol. The molecule has 0 spiro atoms. The third-order valence-corrected chi connectivity index (χ3v) is 8.82. The van der Waals surface area contributed by atoms with Gasteiger partial charge in [0.05, 0.1) is 0 Å². The van der Waals surface area contributed by atoms with Crippen LogP contribution >= 0.6 is 0 Å². The highest BCUT2D eigenvalue weighted by atomic mass is 16.2. The molecule has 34 heavy (non-hydrogen) atoms. The highest BCUT2D eigenvalue weighted by Crippen LogP contribution is 2.49. The summed E-state index contributed by atoms with van der Waals surface area (Å²) in [5, 5.41) is 3.02. The summed E-state index contributed by atoms with van der Waals surface area (Å²) < 4.78 is 0. The number of hydrogen-bond acceptors (Lipinski definition) is 3. The lowest BCUT2D eigenvalue weighted by atomic mass is 9.86. The first-order valence-electron chi connectivity index (χ1n) is 13.0. The lowest BCUT2D eigenvalue weighted by Crippen LogP contribution is -2.50.